The lowest BCUT2D eigenvalue weighted by molar-refractivity contribution is -0.124. The highest BCUT2D eigenvalue weighted by Gasteiger charge is 2.17. The summed E-state index contributed by atoms with van der Waals surface area (Å²) in [5.41, 5.74) is 3.63. The molecule has 0 aliphatic heterocycles. The molecule has 142 valence electrons. The lowest BCUT2D eigenvalue weighted by atomic mass is 9.89. The van der Waals surface area contributed by atoms with Crippen LogP contribution in [0.25, 0.3) is 0 Å². The van der Waals surface area contributed by atoms with Crippen molar-refractivity contribution in [2.45, 2.75) is 38.6 Å². The zero-order valence-corrected chi connectivity index (χ0v) is 15.2. The standard InChI is InChI=1S/C21H23NO5/c1-13(15-7-6-14-4-2-3-5-16(14)10-15)22-20(25)12-27-21(26)18-9-8-17(23)11-19(18)24/h6-11,13,23-24H,2-5,12H2,1H3,(H,22,25)/t13-/m1/s1. The maximum atomic E-state index is 12.1. The van der Waals surface area contributed by atoms with Gasteiger partial charge in [-0.3, -0.25) is 4.79 Å². The molecular weight excluding hydrogens is 346 g/mol. The van der Waals surface area contributed by atoms with Gasteiger partial charge in [0.25, 0.3) is 5.91 Å². The van der Waals surface area contributed by atoms with E-state index in [4.69, 9.17) is 4.74 Å². The van der Waals surface area contributed by atoms with Gasteiger partial charge in [-0.05, 0) is 61.4 Å². The molecule has 0 radical (unpaired) electrons. The number of esters is 1. The van der Waals surface area contributed by atoms with Gasteiger partial charge in [0, 0.05) is 6.07 Å². The second-order valence-electron chi connectivity index (χ2n) is 6.80. The van der Waals surface area contributed by atoms with Crippen LogP contribution in [0.2, 0.25) is 0 Å². The van der Waals surface area contributed by atoms with Crippen molar-refractivity contribution in [1.29, 1.82) is 0 Å². The summed E-state index contributed by atoms with van der Waals surface area (Å²) in [6, 6.07) is 9.62. The monoisotopic (exact) mass is 369 g/mol. The zero-order chi connectivity index (χ0) is 19.4. The Labute approximate surface area is 157 Å². The molecule has 0 aromatic heterocycles. The van der Waals surface area contributed by atoms with Gasteiger partial charge in [-0.2, -0.15) is 0 Å². The minimum Gasteiger partial charge on any atom is -0.508 e. The molecule has 0 saturated carbocycles. The van der Waals surface area contributed by atoms with Crippen LogP contribution in [0, 0.1) is 0 Å². The lowest BCUT2D eigenvalue weighted by Crippen LogP contribution is -2.31. The van der Waals surface area contributed by atoms with E-state index in [0.717, 1.165) is 24.5 Å². The van der Waals surface area contributed by atoms with Crippen molar-refractivity contribution in [3.63, 3.8) is 0 Å². The first kappa shape index (κ1) is 18.8. The largest absolute Gasteiger partial charge is 0.508 e. The summed E-state index contributed by atoms with van der Waals surface area (Å²) in [5, 5.41) is 21.7. The number of hydrogen-bond donors (Lipinski definition) is 3. The third-order valence-corrected chi connectivity index (χ3v) is 4.79. The third kappa shape index (κ3) is 4.58. The second-order valence-corrected chi connectivity index (χ2v) is 6.80. The molecule has 0 unspecified atom stereocenters. The van der Waals surface area contributed by atoms with Crippen LogP contribution in [0.5, 0.6) is 11.5 Å². The number of hydrogen-bond acceptors (Lipinski definition) is 5. The summed E-state index contributed by atoms with van der Waals surface area (Å²) in [6.45, 7) is 1.44. The molecule has 1 aliphatic rings. The van der Waals surface area contributed by atoms with Crippen LogP contribution in [-0.2, 0) is 22.4 Å². The molecule has 3 N–H and O–H groups in total. The van der Waals surface area contributed by atoms with Gasteiger partial charge in [-0.1, -0.05) is 18.2 Å². The number of carbonyl (C=O) groups is 2. The van der Waals surface area contributed by atoms with Gasteiger partial charge < -0.3 is 20.3 Å². The Kier molecular flexibility index (Phi) is 5.64. The number of fused-ring (bicyclic) bond motifs is 1. The minimum atomic E-state index is -0.830. The Bertz CT molecular complexity index is 862. The number of aryl methyl sites for hydroxylation is 2. The van der Waals surface area contributed by atoms with E-state index in [0.29, 0.717) is 0 Å². The average molecular weight is 369 g/mol. The molecule has 0 heterocycles. The van der Waals surface area contributed by atoms with Crippen LogP contribution >= 0.6 is 0 Å². The first-order valence-corrected chi connectivity index (χ1v) is 9.04. The van der Waals surface area contributed by atoms with Crippen LogP contribution < -0.4 is 5.32 Å². The van der Waals surface area contributed by atoms with Crippen molar-refractivity contribution >= 4 is 11.9 Å². The highest BCUT2D eigenvalue weighted by atomic mass is 16.5. The van der Waals surface area contributed by atoms with E-state index >= 15 is 0 Å². The molecule has 6 nitrogen and oxygen atoms in total. The first-order chi connectivity index (χ1) is 12.9. The predicted octanol–water partition coefficient (Wildman–Crippen LogP) is 3.01. The van der Waals surface area contributed by atoms with Gasteiger partial charge in [-0.25, -0.2) is 4.79 Å². The molecule has 0 fully saturated rings. The highest BCUT2D eigenvalue weighted by Crippen LogP contribution is 2.25. The molecule has 1 aliphatic carbocycles. The zero-order valence-electron chi connectivity index (χ0n) is 15.2. The molecule has 0 saturated heterocycles. The molecule has 2 aromatic rings. The summed E-state index contributed by atoms with van der Waals surface area (Å²) in [4.78, 5) is 24.1. The fraction of sp³-hybridized carbons (Fsp3) is 0.333. The lowest BCUT2D eigenvalue weighted by Gasteiger charge is -2.20. The molecule has 1 amide bonds. The number of ether oxygens (including phenoxy) is 1. The summed E-state index contributed by atoms with van der Waals surface area (Å²) < 4.78 is 4.95. The maximum Gasteiger partial charge on any atom is 0.342 e. The number of rotatable bonds is 5. The molecule has 3 rings (SSSR count). The molecule has 0 spiro atoms. The van der Waals surface area contributed by atoms with Crippen LogP contribution in [0.15, 0.2) is 36.4 Å². The molecule has 1 atom stereocenters. The summed E-state index contributed by atoms with van der Waals surface area (Å²) in [5.74, 6) is -1.82. The van der Waals surface area contributed by atoms with Crippen molar-refractivity contribution < 1.29 is 24.5 Å². The Morgan fingerprint density at radius 2 is 1.81 bits per heavy atom. The number of carbonyl (C=O) groups excluding carboxylic acids is 2. The molecule has 27 heavy (non-hydrogen) atoms. The molecule has 0 bridgehead atoms. The van der Waals surface area contributed by atoms with E-state index in [1.807, 2.05) is 13.0 Å². The van der Waals surface area contributed by atoms with Gasteiger partial charge in [-0.15, -0.1) is 0 Å². The van der Waals surface area contributed by atoms with E-state index in [1.54, 1.807) is 0 Å². The van der Waals surface area contributed by atoms with Crippen molar-refractivity contribution in [3.8, 4) is 11.5 Å². The number of phenols is 2. The van der Waals surface area contributed by atoms with E-state index < -0.39 is 24.2 Å². The van der Waals surface area contributed by atoms with Crippen molar-refractivity contribution in [2.75, 3.05) is 6.61 Å². The highest BCUT2D eigenvalue weighted by molar-refractivity contribution is 5.94. The topological polar surface area (TPSA) is 95.9 Å². The smallest absolute Gasteiger partial charge is 0.342 e. The first-order valence-electron chi connectivity index (χ1n) is 9.04. The molecular formula is C21H23NO5. The van der Waals surface area contributed by atoms with Gasteiger partial charge in [0.1, 0.15) is 17.1 Å². The minimum absolute atomic E-state index is 0.108. The fourth-order valence-electron chi connectivity index (χ4n) is 3.29. The number of aromatic hydroxyl groups is 2. The van der Waals surface area contributed by atoms with E-state index in [2.05, 4.69) is 17.4 Å². The predicted molar refractivity (Wildman–Crippen MR) is 99.7 cm³/mol. The second kappa shape index (κ2) is 8.12. The average Bonchev–Trinajstić information content (AvgIpc) is 2.65. The Morgan fingerprint density at radius 1 is 1.07 bits per heavy atom. The molecule has 6 heteroatoms. The van der Waals surface area contributed by atoms with Gasteiger partial charge in [0.05, 0.1) is 6.04 Å². The number of benzene rings is 2. The molecule has 2 aromatic carbocycles. The van der Waals surface area contributed by atoms with Gasteiger partial charge in [0.15, 0.2) is 6.61 Å². The fourth-order valence-corrected chi connectivity index (χ4v) is 3.29. The van der Waals surface area contributed by atoms with Crippen molar-refractivity contribution in [2.24, 2.45) is 0 Å². The Hall–Kier alpha value is -3.02. The summed E-state index contributed by atoms with van der Waals surface area (Å²) in [7, 11) is 0. The van der Waals surface area contributed by atoms with Crippen LogP contribution in [0.4, 0.5) is 0 Å². The Morgan fingerprint density at radius 3 is 2.56 bits per heavy atom. The van der Waals surface area contributed by atoms with Crippen molar-refractivity contribution in [3.05, 3.63) is 58.7 Å². The van der Waals surface area contributed by atoms with E-state index in [-0.39, 0.29) is 17.4 Å². The SMILES string of the molecule is C[C@@H](NC(=O)COC(=O)c1ccc(O)cc1O)c1ccc2c(c1)CCCC2. The van der Waals surface area contributed by atoms with Crippen molar-refractivity contribution in [1.82, 2.24) is 5.32 Å². The summed E-state index contributed by atoms with van der Waals surface area (Å²) >= 11 is 0. The van der Waals surface area contributed by atoms with E-state index in [9.17, 15) is 19.8 Å². The summed E-state index contributed by atoms with van der Waals surface area (Å²) in [6.07, 6.45) is 4.59. The van der Waals surface area contributed by atoms with E-state index in [1.165, 1.54) is 36.1 Å². The van der Waals surface area contributed by atoms with Gasteiger partial charge >= 0.3 is 5.97 Å². The number of phenolic OH excluding ortho intramolecular Hbond substituents is 2. The van der Waals surface area contributed by atoms with Crippen LogP contribution in [0.1, 0.15) is 52.9 Å². The van der Waals surface area contributed by atoms with Gasteiger partial charge in [0.2, 0.25) is 0 Å². The normalized spacial score (nSPS) is 14.1. The third-order valence-electron chi connectivity index (χ3n) is 4.79. The quantitative estimate of drug-likeness (QED) is 0.704. The Balaban J connectivity index is 1.55. The van der Waals surface area contributed by atoms with Crippen LogP contribution in [0.3, 0.4) is 0 Å². The maximum absolute atomic E-state index is 12.1. The number of nitrogens with one attached hydrogen (secondary N) is 1. The number of amides is 1. The van der Waals surface area contributed by atoms with Crippen LogP contribution in [-0.4, -0.2) is 28.7 Å².